The van der Waals surface area contributed by atoms with Gasteiger partial charge >= 0.3 is 0 Å². The molecule has 1 N–H and O–H groups in total. The van der Waals surface area contributed by atoms with Crippen molar-refractivity contribution in [3.05, 3.63) is 66.2 Å². The predicted octanol–water partition coefficient (Wildman–Crippen LogP) is 2.23. The SMILES string of the molecule is O=C1CNC(=O)C2(CCN(c3ccccc3)CC2)N1CCc1ccccc1. The minimum atomic E-state index is -0.713. The molecule has 4 rings (SSSR count). The van der Waals surface area contributed by atoms with Crippen LogP contribution >= 0.6 is 0 Å². The Balaban J connectivity index is 1.51. The van der Waals surface area contributed by atoms with Crippen LogP contribution in [0, 0.1) is 0 Å². The molecule has 2 aliphatic rings. The number of carbonyl (C=O) groups excluding carboxylic acids is 2. The second kappa shape index (κ2) is 7.43. The minimum absolute atomic E-state index is 0.00266. The molecule has 0 aromatic heterocycles. The summed E-state index contributed by atoms with van der Waals surface area (Å²) in [6.07, 6.45) is 2.09. The molecule has 140 valence electrons. The number of piperazine rings is 1. The number of benzene rings is 2. The summed E-state index contributed by atoms with van der Waals surface area (Å²) in [7, 11) is 0. The maximum atomic E-state index is 12.9. The lowest BCUT2D eigenvalue weighted by Gasteiger charge is -2.50. The van der Waals surface area contributed by atoms with Gasteiger partial charge in [-0.05, 0) is 37.0 Å². The van der Waals surface area contributed by atoms with Crippen molar-refractivity contribution in [3.8, 4) is 0 Å². The lowest BCUT2D eigenvalue weighted by atomic mass is 9.82. The van der Waals surface area contributed by atoms with E-state index in [9.17, 15) is 9.59 Å². The fraction of sp³-hybridized carbons (Fsp3) is 0.364. The zero-order valence-electron chi connectivity index (χ0n) is 15.4. The third-order valence-corrected chi connectivity index (χ3v) is 5.82. The van der Waals surface area contributed by atoms with E-state index in [1.165, 1.54) is 11.3 Å². The van der Waals surface area contributed by atoms with E-state index in [-0.39, 0.29) is 18.4 Å². The monoisotopic (exact) mass is 363 g/mol. The molecule has 0 saturated carbocycles. The number of hydrogen-bond acceptors (Lipinski definition) is 3. The lowest BCUT2D eigenvalue weighted by molar-refractivity contribution is -0.155. The number of nitrogens with one attached hydrogen (secondary N) is 1. The molecule has 5 nitrogen and oxygen atoms in total. The van der Waals surface area contributed by atoms with Gasteiger partial charge in [0, 0.05) is 25.3 Å². The molecule has 2 fully saturated rings. The fourth-order valence-corrected chi connectivity index (χ4v) is 4.27. The van der Waals surface area contributed by atoms with Crippen LogP contribution in [-0.4, -0.2) is 48.4 Å². The Hall–Kier alpha value is -2.82. The highest BCUT2D eigenvalue weighted by Gasteiger charge is 2.50. The van der Waals surface area contributed by atoms with Gasteiger partial charge in [-0.15, -0.1) is 0 Å². The Morgan fingerprint density at radius 2 is 1.52 bits per heavy atom. The Morgan fingerprint density at radius 3 is 2.19 bits per heavy atom. The summed E-state index contributed by atoms with van der Waals surface area (Å²) in [4.78, 5) is 29.7. The van der Waals surface area contributed by atoms with Gasteiger partial charge in [0.1, 0.15) is 5.54 Å². The third kappa shape index (κ3) is 3.42. The first-order valence-corrected chi connectivity index (χ1v) is 9.62. The summed E-state index contributed by atoms with van der Waals surface area (Å²) in [6.45, 7) is 2.23. The molecule has 2 aliphatic heterocycles. The van der Waals surface area contributed by atoms with Gasteiger partial charge in [0.15, 0.2) is 0 Å². The van der Waals surface area contributed by atoms with Crippen LogP contribution in [-0.2, 0) is 16.0 Å². The van der Waals surface area contributed by atoms with E-state index in [1.807, 2.05) is 41.3 Å². The zero-order chi connectivity index (χ0) is 18.7. The van der Waals surface area contributed by atoms with E-state index in [2.05, 4.69) is 34.5 Å². The van der Waals surface area contributed by atoms with Gasteiger partial charge in [0.25, 0.3) is 0 Å². The summed E-state index contributed by atoms with van der Waals surface area (Å²) in [6, 6.07) is 20.4. The van der Waals surface area contributed by atoms with Crippen molar-refractivity contribution >= 4 is 17.5 Å². The van der Waals surface area contributed by atoms with Crippen LogP contribution in [0.15, 0.2) is 60.7 Å². The minimum Gasteiger partial charge on any atom is -0.371 e. The number of hydrogen-bond donors (Lipinski definition) is 1. The number of para-hydroxylation sites is 1. The first-order chi connectivity index (χ1) is 13.2. The molecule has 0 aliphatic carbocycles. The van der Waals surface area contributed by atoms with Crippen LogP contribution in [0.25, 0.3) is 0 Å². The Morgan fingerprint density at radius 1 is 0.889 bits per heavy atom. The molecule has 0 unspecified atom stereocenters. The smallest absolute Gasteiger partial charge is 0.246 e. The van der Waals surface area contributed by atoms with Crippen LogP contribution in [0.2, 0.25) is 0 Å². The van der Waals surface area contributed by atoms with Gasteiger partial charge in [0.2, 0.25) is 11.8 Å². The molecule has 2 saturated heterocycles. The molecule has 5 heteroatoms. The molecular weight excluding hydrogens is 338 g/mol. The van der Waals surface area contributed by atoms with Crippen molar-refractivity contribution in [2.75, 3.05) is 31.1 Å². The molecule has 2 aromatic carbocycles. The van der Waals surface area contributed by atoms with Crippen molar-refractivity contribution in [1.29, 1.82) is 0 Å². The van der Waals surface area contributed by atoms with Crippen LogP contribution in [0.4, 0.5) is 5.69 Å². The highest BCUT2D eigenvalue weighted by Crippen LogP contribution is 2.33. The van der Waals surface area contributed by atoms with Crippen molar-refractivity contribution in [1.82, 2.24) is 10.2 Å². The Bertz CT molecular complexity index is 799. The Labute approximate surface area is 160 Å². The van der Waals surface area contributed by atoms with Gasteiger partial charge in [-0.3, -0.25) is 9.59 Å². The maximum Gasteiger partial charge on any atom is 0.246 e. The first kappa shape index (κ1) is 17.6. The molecule has 2 amide bonds. The van der Waals surface area contributed by atoms with E-state index < -0.39 is 5.54 Å². The largest absolute Gasteiger partial charge is 0.371 e. The lowest BCUT2D eigenvalue weighted by Crippen LogP contribution is -2.70. The Kier molecular flexibility index (Phi) is 4.84. The summed E-state index contributed by atoms with van der Waals surface area (Å²) >= 11 is 0. The van der Waals surface area contributed by atoms with Crippen molar-refractivity contribution in [3.63, 3.8) is 0 Å². The maximum absolute atomic E-state index is 12.9. The van der Waals surface area contributed by atoms with Crippen molar-refractivity contribution in [2.45, 2.75) is 24.8 Å². The number of rotatable bonds is 4. The van der Waals surface area contributed by atoms with Crippen molar-refractivity contribution in [2.24, 2.45) is 0 Å². The molecule has 0 bridgehead atoms. The summed E-state index contributed by atoms with van der Waals surface area (Å²) in [5.74, 6) is 0.0292. The summed E-state index contributed by atoms with van der Waals surface area (Å²) < 4.78 is 0. The van der Waals surface area contributed by atoms with Gasteiger partial charge in [-0.1, -0.05) is 48.5 Å². The number of piperidine rings is 1. The van der Waals surface area contributed by atoms with E-state index in [4.69, 9.17) is 0 Å². The zero-order valence-corrected chi connectivity index (χ0v) is 15.4. The molecular formula is C22H25N3O2. The van der Waals surface area contributed by atoms with E-state index in [0.29, 0.717) is 19.4 Å². The average Bonchev–Trinajstić information content (AvgIpc) is 2.73. The van der Waals surface area contributed by atoms with Crippen LogP contribution in [0.5, 0.6) is 0 Å². The van der Waals surface area contributed by atoms with Gasteiger partial charge < -0.3 is 15.1 Å². The number of amides is 2. The highest BCUT2D eigenvalue weighted by molar-refractivity contribution is 5.98. The molecule has 1 spiro atoms. The van der Waals surface area contributed by atoms with Crippen LogP contribution in [0.3, 0.4) is 0 Å². The summed E-state index contributed by atoms with van der Waals surface area (Å²) in [5, 5.41) is 2.83. The van der Waals surface area contributed by atoms with Crippen LogP contribution in [0.1, 0.15) is 18.4 Å². The number of carbonyl (C=O) groups is 2. The van der Waals surface area contributed by atoms with E-state index >= 15 is 0 Å². The van der Waals surface area contributed by atoms with E-state index in [1.54, 1.807) is 0 Å². The van der Waals surface area contributed by atoms with E-state index in [0.717, 1.165) is 19.5 Å². The molecule has 27 heavy (non-hydrogen) atoms. The summed E-state index contributed by atoms with van der Waals surface area (Å²) in [5.41, 5.74) is 1.65. The van der Waals surface area contributed by atoms with Gasteiger partial charge in [-0.25, -0.2) is 0 Å². The number of nitrogens with zero attached hydrogens (tertiary/aromatic N) is 2. The normalized spacial score (nSPS) is 19.3. The topological polar surface area (TPSA) is 52.7 Å². The van der Waals surface area contributed by atoms with Crippen molar-refractivity contribution < 1.29 is 9.59 Å². The van der Waals surface area contributed by atoms with Gasteiger partial charge in [-0.2, -0.15) is 0 Å². The van der Waals surface area contributed by atoms with Crippen LogP contribution < -0.4 is 10.2 Å². The van der Waals surface area contributed by atoms with Gasteiger partial charge in [0.05, 0.1) is 6.54 Å². The number of anilines is 1. The molecule has 2 aromatic rings. The third-order valence-electron chi connectivity index (χ3n) is 5.82. The highest BCUT2D eigenvalue weighted by atomic mass is 16.2. The molecule has 0 radical (unpaired) electrons. The predicted molar refractivity (Wildman–Crippen MR) is 105 cm³/mol. The quantitative estimate of drug-likeness (QED) is 0.906. The second-order valence-corrected chi connectivity index (χ2v) is 7.32. The first-order valence-electron chi connectivity index (χ1n) is 9.62. The second-order valence-electron chi connectivity index (χ2n) is 7.32. The fourth-order valence-electron chi connectivity index (χ4n) is 4.27. The average molecular weight is 363 g/mol. The molecule has 2 heterocycles. The molecule has 0 atom stereocenters. The standard InChI is InChI=1S/C22H25N3O2/c26-20-17-23-21(27)22(25(20)14-11-18-7-3-1-4-8-18)12-15-24(16-13-22)19-9-5-2-6-10-19/h1-10H,11-17H2,(H,23,27).